The molecule has 0 bridgehead atoms. The number of rotatable bonds is 22. The number of hydrogen-bond donors (Lipinski definition) is 0. The first-order valence-corrected chi connectivity index (χ1v) is 21.5. The van der Waals surface area contributed by atoms with Crippen molar-refractivity contribution in [2.45, 2.75) is 131 Å². The van der Waals surface area contributed by atoms with E-state index in [0.29, 0.717) is 0 Å². The summed E-state index contributed by atoms with van der Waals surface area (Å²) in [5, 5.41) is 29.5. The van der Waals surface area contributed by atoms with Crippen LogP contribution >= 0.6 is 14.5 Å². The van der Waals surface area contributed by atoms with E-state index in [4.69, 9.17) is 30.6 Å². The summed E-state index contributed by atoms with van der Waals surface area (Å²) in [4.78, 5) is 16.5. The molecule has 1 rings (SSSR count). The van der Waals surface area contributed by atoms with Crippen molar-refractivity contribution in [1.82, 2.24) is 0 Å². The quantitative estimate of drug-likeness (QED) is 0.0709. The SMILES string of the molecule is CCCC[P+](CCCC)(CCCC)Cc1ccc(C[P+](CCCC)(CCCC)CCCC)cc1.O=[N+]([O-])[O-].O=[N+]([O-])[O-]. The molecule has 0 N–H and O–H groups in total. The van der Waals surface area contributed by atoms with Crippen LogP contribution in [-0.4, -0.2) is 47.1 Å². The van der Waals surface area contributed by atoms with Gasteiger partial charge in [-0.2, -0.15) is 0 Å². The summed E-state index contributed by atoms with van der Waals surface area (Å²) in [5.74, 6) is 0. The van der Waals surface area contributed by atoms with Gasteiger partial charge >= 0.3 is 0 Å². The fourth-order valence-electron chi connectivity index (χ4n) is 5.63. The van der Waals surface area contributed by atoms with Crippen LogP contribution in [0.15, 0.2) is 24.3 Å². The van der Waals surface area contributed by atoms with Crippen LogP contribution in [0.4, 0.5) is 0 Å². The molecule has 0 fully saturated rings. The summed E-state index contributed by atoms with van der Waals surface area (Å²) in [6.45, 7) is 14.3. The Morgan fingerprint density at radius 1 is 0.452 bits per heavy atom. The van der Waals surface area contributed by atoms with Gasteiger partial charge in [-0.25, -0.2) is 0 Å². The molecule has 0 aliphatic carbocycles. The number of unbranched alkanes of at least 4 members (excludes halogenated alkanes) is 6. The molecular formula is C32H62N2O6P2. The maximum Gasteiger partial charge on any atom is 0.0842 e. The molecular weight excluding hydrogens is 570 g/mol. The Labute approximate surface area is 258 Å². The molecule has 0 aromatic heterocycles. The average molecular weight is 633 g/mol. The monoisotopic (exact) mass is 632 g/mol. The summed E-state index contributed by atoms with van der Waals surface area (Å²) >= 11 is 0. The fraction of sp³-hybridized carbons (Fsp3) is 0.812. The van der Waals surface area contributed by atoms with Gasteiger partial charge in [-0.3, -0.25) is 0 Å². The summed E-state index contributed by atoms with van der Waals surface area (Å²) in [6.07, 6.45) is 28.8. The van der Waals surface area contributed by atoms with Crippen molar-refractivity contribution in [3.8, 4) is 0 Å². The number of benzene rings is 1. The Balaban J connectivity index is 0. The van der Waals surface area contributed by atoms with Crippen molar-refractivity contribution >= 4 is 14.5 Å². The molecule has 0 amide bonds. The first-order valence-electron chi connectivity index (χ1n) is 16.4. The number of nitrogens with zero attached hydrogens (tertiary/aromatic N) is 2. The average Bonchev–Trinajstić information content (AvgIpc) is 2.95. The van der Waals surface area contributed by atoms with Gasteiger partial charge in [-0.05, 0) is 49.7 Å². The second-order valence-electron chi connectivity index (χ2n) is 11.7. The minimum absolute atomic E-state index is 0.861. The molecule has 0 aliphatic rings. The fourth-order valence-corrected chi connectivity index (χ4v) is 15.8. The van der Waals surface area contributed by atoms with Crippen LogP contribution in [0, 0.1) is 30.6 Å². The Bertz CT molecular complexity index is 679. The van der Waals surface area contributed by atoms with Crippen LogP contribution in [0.3, 0.4) is 0 Å². The van der Waals surface area contributed by atoms with Crippen LogP contribution in [0.1, 0.15) is 130 Å². The van der Waals surface area contributed by atoms with Gasteiger partial charge in [0.25, 0.3) is 0 Å². The molecule has 0 radical (unpaired) electrons. The Morgan fingerprint density at radius 2 is 0.619 bits per heavy atom. The summed E-state index contributed by atoms with van der Waals surface area (Å²) in [6, 6.07) is 10.2. The summed E-state index contributed by atoms with van der Waals surface area (Å²) in [7, 11) is -1.72. The maximum absolute atomic E-state index is 8.25. The summed E-state index contributed by atoms with van der Waals surface area (Å²) < 4.78 is 0. The van der Waals surface area contributed by atoms with Gasteiger partial charge in [-0.1, -0.05) is 104 Å². The van der Waals surface area contributed by atoms with E-state index in [0.717, 1.165) is 0 Å². The van der Waals surface area contributed by atoms with Gasteiger partial charge in [0.05, 0.1) is 59.5 Å². The molecule has 42 heavy (non-hydrogen) atoms. The number of hydrogen-bond acceptors (Lipinski definition) is 6. The third-order valence-corrected chi connectivity index (χ3v) is 17.6. The zero-order chi connectivity index (χ0) is 32.3. The van der Waals surface area contributed by atoms with Crippen molar-refractivity contribution in [3.05, 3.63) is 66.0 Å². The molecule has 0 saturated carbocycles. The predicted octanol–water partition coefficient (Wildman–Crippen LogP) is 11.0. The van der Waals surface area contributed by atoms with E-state index in [9.17, 15) is 0 Å². The molecule has 1 aromatic carbocycles. The predicted molar refractivity (Wildman–Crippen MR) is 187 cm³/mol. The van der Waals surface area contributed by atoms with E-state index < -0.39 is 24.7 Å². The van der Waals surface area contributed by atoms with E-state index in [2.05, 4.69) is 65.8 Å². The van der Waals surface area contributed by atoms with E-state index in [1.165, 1.54) is 126 Å². The third kappa shape index (κ3) is 23.0. The van der Waals surface area contributed by atoms with Gasteiger partial charge < -0.3 is 30.6 Å². The van der Waals surface area contributed by atoms with E-state index in [-0.39, 0.29) is 0 Å². The van der Waals surface area contributed by atoms with Crippen molar-refractivity contribution in [3.63, 3.8) is 0 Å². The molecule has 1 aromatic rings. The molecule has 0 saturated heterocycles. The van der Waals surface area contributed by atoms with Crippen molar-refractivity contribution in [2.75, 3.05) is 37.0 Å². The third-order valence-electron chi connectivity index (χ3n) is 7.97. The second kappa shape index (κ2) is 27.1. The molecule has 10 heteroatoms. The zero-order valence-corrected chi connectivity index (χ0v) is 29.5. The van der Waals surface area contributed by atoms with E-state index in [1.54, 1.807) is 11.1 Å². The molecule has 0 aliphatic heterocycles. The van der Waals surface area contributed by atoms with Crippen molar-refractivity contribution in [2.24, 2.45) is 0 Å². The molecule has 246 valence electrons. The largest absolute Gasteiger partial charge is 0.356 e. The van der Waals surface area contributed by atoms with Gasteiger partial charge in [0.2, 0.25) is 0 Å². The molecule has 0 heterocycles. The first-order chi connectivity index (χ1) is 20.0. The Morgan fingerprint density at radius 3 is 0.762 bits per heavy atom. The highest BCUT2D eigenvalue weighted by Crippen LogP contribution is 2.64. The highest BCUT2D eigenvalue weighted by Gasteiger charge is 2.37. The van der Waals surface area contributed by atoms with Crippen molar-refractivity contribution < 1.29 is 10.2 Å². The topological polar surface area (TPSA) is 132 Å². The smallest absolute Gasteiger partial charge is 0.0842 e. The normalized spacial score (nSPS) is 11.2. The van der Waals surface area contributed by atoms with E-state index in [1.807, 2.05) is 0 Å². The standard InChI is InChI=1S/C32H62P2.2NO3/c1-7-13-23-33(24-14-8-2,25-15-9-3)29-31-19-21-32(22-20-31)30-34(26-16-10-4,27-17-11-5)28-18-12-6;2*2-1(3)4/h19-22H,7-18,23-30H2,1-6H3;;/q+2;2*-1. The van der Waals surface area contributed by atoms with E-state index >= 15 is 0 Å². The summed E-state index contributed by atoms with van der Waals surface area (Å²) in [5.41, 5.74) is 3.31. The van der Waals surface area contributed by atoms with Gasteiger partial charge in [-0.15, -0.1) is 0 Å². The van der Waals surface area contributed by atoms with Crippen LogP contribution in [0.25, 0.3) is 0 Å². The highest BCUT2D eigenvalue weighted by atomic mass is 31.2. The lowest BCUT2D eigenvalue weighted by Gasteiger charge is -2.29. The van der Waals surface area contributed by atoms with Crippen LogP contribution in [-0.2, 0) is 12.3 Å². The van der Waals surface area contributed by atoms with Gasteiger partial charge in [0, 0.05) is 14.5 Å². The van der Waals surface area contributed by atoms with Gasteiger partial charge in [0.15, 0.2) is 0 Å². The molecule has 0 unspecified atom stereocenters. The molecule has 8 nitrogen and oxygen atoms in total. The Hall–Kier alpha value is -1.52. The van der Waals surface area contributed by atoms with Crippen molar-refractivity contribution in [1.29, 1.82) is 0 Å². The van der Waals surface area contributed by atoms with Crippen LogP contribution in [0.2, 0.25) is 0 Å². The lowest BCUT2D eigenvalue weighted by Crippen LogP contribution is -2.12. The maximum atomic E-state index is 8.25. The minimum Gasteiger partial charge on any atom is -0.356 e. The lowest BCUT2D eigenvalue weighted by atomic mass is 10.2. The second-order valence-corrected chi connectivity index (χ2v) is 20.4. The van der Waals surface area contributed by atoms with Crippen LogP contribution < -0.4 is 0 Å². The Kier molecular flexibility index (Phi) is 27.5. The first kappa shape index (κ1) is 42.6. The minimum atomic E-state index is -1.75. The molecule has 0 atom stereocenters. The molecule has 0 spiro atoms. The lowest BCUT2D eigenvalue weighted by molar-refractivity contribution is -0.403. The zero-order valence-electron chi connectivity index (χ0n) is 27.7. The van der Waals surface area contributed by atoms with Crippen LogP contribution in [0.5, 0.6) is 0 Å². The van der Waals surface area contributed by atoms with Gasteiger partial charge in [0.1, 0.15) is 0 Å². The highest BCUT2D eigenvalue weighted by molar-refractivity contribution is 7.75.